The van der Waals surface area contributed by atoms with Gasteiger partial charge in [0.25, 0.3) is 0 Å². The van der Waals surface area contributed by atoms with Crippen LogP contribution in [-0.4, -0.2) is 5.97 Å². The second-order valence-corrected chi connectivity index (χ2v) is 10.4. The van der Waals surface area contributed by atoms with Crippen molar-refractivity contribution in [2.24, 2.45) is 0 Å². The Hall–Kier alpha value is -1.31. The monoisotopic (exact) mass is 472 g/mol. The third-order valence-electron chi connectivity index (χ3n) is 7.06. The molecule has 0 aromatic heterocycles. The van der Waals surface area contributed by atoms with Crippen LogP contribution >= 0.6 is 0 Å². The Morgan fingerprint density at radius 2 is 0.941 bits per heavy atom. The highest BCUT2D eigenvalue weighted by molar-refractivity contribution is 5.69. The van der Waals surface area contributed by atoms with Crippen LogP contribution < -0.4 is 0 Å². The van der Waals surface area contributed by atoms with Gasteiger partial charge in [-0.25, -0.2) is 0 Å². The van der Waals surface area contributed by atoms with Crippen LogP contribution in [-0.2, 0) is 9.53 Å². The first-order chi connectivity index (χ1) is 16.7. The van der Waals surface area contributed by atoms with Crippen molar-refractivity contribution in [3.8, 4) is 0 Å². The molecule has 1 atom stereocenters. The molecule has 0 aliphatic heterocycles. The van der Waals surface area contributed by atoms with Gasteiger partial charge >= 0.3 is 5.97 Å². The van der Waals surface area contributed by atoms with Gasteiger partial charge in [-0.05, 0) is 18.9 Å². The zero-order chi connectivity index (χ0) is 24.5. The van der Waals surface area contributed by atoms with Crippen LogP contribution in [0.3, 0.4) is 0 Å². The Balaban J connectivity index is 1.74. The molecule has 0 saturated heterocycles. The number of ether oxygens (including phenoxy) is 1. The van der Waals surface area contributed by atoms with E-state index in [1.807, 2.05) is 37.3 Å². The Labute approximate surface area is 212 Å². The molecule has 0 heterocycles. The molecule has 2 heteroatoms. The van der Waals surface area contributed by atoms with E-state index in [2.05, 4.69) is 6.92 Å². The number of esters is 1. The molecular weight excluding hydrogens is 416 g/mol. The lowest BCUT2D eigenvalue weighted by atomic mass is 10.0. The normalized spacial score (nSPS) is 12.1. The van der Waals surface area contributed by atoms with Gasteiger partial charge in [0.15, 0.2) is 0 Å². The fourth-order valence-electron chi connectivity index (χ4n) is 4.75. The summed E-state index contributed by atoms with van der Waals surface area (Å²) < 4.78 is 5.54. The van der Waals surface area contributed by atoms with Crippen molar-refractivity contribution < 1.29 is 9.53 Å². The second-order valence-electron chi connectivity index (χ2n) is 10.4. The lowest BCUT2D eigenvalue weighted by Gasteiger charge is -2.13. The highest BCUT2D eigenvalue weighted by Crippen LogP contribution is 2.18. The maximum atomic E-state index is 12.0. The van der Waals surface area contributed by atoms with Crippen LogP contribution in [0.15, 0.2) is 30.3 Å². The van der Waals surface area contributed by atoms with Gasteiger partial charge < -0.3 is 4.74 Å². The largest absolute Gasteiger partial charge is 0.458 e. The van der Waals surface area contributed by atoms with Crippen molar-refractivity contribution in [3.63, 3.8) is 0 Å². The summed E-state index contributed by atoms with van der Waals surface area (Å²) in [5, 5.41) is 0. The molecule has 0 bridgehead atoms. The van der Waals surface area contributed by atoms with Crippen LogP contribution in [0.2, 0.25) is 0 Å². The molecule has 1 unspecified atom stereocenters. The predicted octanol–water partition coefficient (Wildman–Crippen LogP) is 10.9. The molecule has 0 saturated carbocycles. The number of hydrogen-bond acceptors (Lipinski definition) is 2. The highest BCUT2D eigenvalue weighted by atomic mass is 16.5. The molecule has 0 aliphatic carbocycles. The summed E-state index contributed by atoms with van der Waals surface area (Å²) in [6, 6.07) is 9.98. The van der Waals surface area contributed by atoms with E-state index in [4.69, 9.17) is 4.74 Å². The van der Waals surface area contributed by atoms with E-state index in [1.54, 1.807) is 0 Å². The highest BCUT2D eigenvalue weighted by Gasteiger charge is 2.10. The number of benzene rings is 1. The summed E-state index contributed by atoms with van der Waals surface area (Å²) in [7, 11) is 0. The molecule has 0 spiro atoms. The van der Waals surface area contributed by atoms with Crippen molar-refractivity contribution in [3.05, 3.63) is 35.9 Å². The summed E-state index contributed by atoms with van der Waals surface area (Å²) >= 11 is 0. The second kappa shape index (κ2) is 23.4. The van der Waals surface area contributed by atoms with Gasteiger partial charge in [0.1, 0.15) is 6.10 Å². The topological polar surface area (TPSA) is 26.3 Å². The number of carbonyl (C=O) groups excluding carboxylic acids is 1. The Kier molecular flexibility index (Phi) is 21.2. The minimum Gasteiger partial charge on any atom is -0.458 e. The van der Waals surface area contributed by atoms with Crippen molar-refractivity contribution in [1.29, 1.82) is 0 Å². The molecule has 2 nitrogen and oxygen atoms in total. The fourth-order valence-corrected chi connectivity index (χ4v) is 4.75. The van der Waals surface area contributed by atoms with E-state index in [0.29, 0.717) is 6.42 Å². The summed E-state index contributed by atoms with van der Waals surface area (Å²) in [5.41, 5.74) is 1.06. The van der Waals surface area contributed by atoms with Crippen molar-refractivity contribution >= 4 is 5.97 Å². The van der Waals surface area contributed by atoms with Gasteiger partial charge in [-0.3, -0.25) is 4.79 Å². The first kappa shape index (κ1) is 30.7. The minimum atomic E-state index is -0.149. The van der Waals surface area contributed by atoms with Gasteiger partial charge in [-0.2, -0.15) is 0 Å². The smallest absolute Gasteiger partial charge is 0.306 e. The van der Waals surface area contributed by atoms with E-state index in [-0.39, 0.29) is 12.1 Å². The van der Waals surface area contributed by atoms with Crippen LogP contribution in [0.5, 0.6) is 0 Å². The maximum absolute atomic E-state index is 12.0. The molecule has 1 aromatic carbocycles. The SMILES string of the molecule is CCCCCCCCCCCCCCCCCCCCCCCC(=O)OC(C)c1ccccc1. The minimum absolute atomic E-state index is 0.0610. The molecule has 1 aromatic rings. The summed E-state index contributed by atoms with van der Waals surface area (Å²) in [6.45, 7) is 4.24. The van der Waals surface area contributed by atoms with Gasteiger partial charge in [-0.1, -0.05) is 166 Å². The molecular formula is C32H56O2. The molecule has 0 fully saturated rings. The number of rotatable bonds is 24. The van der Waals surface area contributed by atoms with E-state index in [0.717, 1.165) is 18.4 Å². The standard InChI is InChI=1S/C32H56O2/c1-3-4-5-6-7-8-9-10-11-12-13-14-15-16-17-18-19-20-21-22-26-29-32(33)34-30(2)31-27-24-23-25-28-31/h23-25,27-28,30H,3-22,26,29H2,1-2H3. The van der Waals surface area contributed by atoms with E-state index in [1.165, 1.54) is 122 Å². The summed E-state index contributed by atoms with van der Waals surface area (Å²) in [4.78, 5) is 12.0. The molecule has 0 N–H and O–H groups in total. The number of unbranched alkanes of at least 4 members (excludes halogenated alkanes) is 20. The Morgan fingerprint density at radius 1 is 0.588 bits per heavy atom. The summed E-state index contributed by atoms with van der Waals surface area (Å²) in [6.07, 6.45) is 29.4. The average molecular weight is 473 g/mol. The van der Waals surface area contributed by atoms with Gasteiger partial charge in [0.2, 0.25) is 0 Å². The molecule has 34 heavy (non-hydrogen) atoms. The van der Waals surface area contributed by atoms with Crippen LogP contribution in [0.1, 0.15) is 167 Å². The van der Waals surface area contributed by atoms with Crippen molar-refractivity contribution in [2.45, 2.75) is 161 Å². The van der Waals surface area contributed by atoms with Crippen LogP contribution in [0.25, 0.3) is 0 Å². The molecule has 0 aliphatic rings. The van der Waals surface area contributed by atoms with Gasteiger partial charge in [0, 0.05) is 6.42 Å². The van der Waals surface area contributed by atoms with Gasteiger partial charge in [0.05, 0.1) is 0 Å². The lowest BCUT2D eigenvalue weighted by Crippen LogP contribution is -2.08. The van der Waals surface area contributed by atoms with E-state index >= 15 is 0 Å². The zero-order valence-electron chi connectivity index (χ0n) is 22.8. The maximum Gasteiger partial charge on any atom is 0.306 e. The fraction of sp³-hybridized carbons (Fsp3) is 0.781. The Morgan fingerprint density at radius 3 is 1.32 bits per heavy atom. The molecule has 1 rings (SSSR count). The molecule has 0 radical (unpaired) electrons. The third kappa shape index (κ3) is 19.0. The van der Waals surface area contributed by atoms with Crippen LogP contribution in [0.4, 0.5) is 0 Å². The lowest BCUT2D eigenvalue weighted by molar-refractivity contribution is -0.148. The van der Waals surface area contributed by atoms with E-state index < -0.39 is 0 Å². The zero-order valence-corrected chi connectivity index (χ0v) is 22.8. The quantitative estimate of drug-likeness (QED) is 0.110. The first-order valence-corrected chi connectivity index (χ1v) is 15.0. The first-order valence-electron chi connectivity index (χ1n) is 15.0. The predicted molar refractivity (Wildman–Crippen MR) is 148 cm³/mol. The summed E-state index contributed by atoms with van der Waals surface area (Å²) in [5.74, 6) is -0.0610. The molecule has 0 amide bonds. The average Bonchev–Trinajstić information content (AvgIpc) is 2.85. The number of hydrogen-bond donors (Lipinski definition) is 0. The Bertz CT molecular complexity index is 553. The van der Waals surface area contributed by atoms with Crippen LogP contribution in [0, 0.1) is 0 Å². The third-order valence-corrected chi connectivity index (χ3v) is 7.06. The van der Waals surface area contributed by atoms with E-state index in [9.17, 15) is 4.79 Å². The molecule has 196 valence electrons. The van der Waals surface area contributed by atoms with Gasteiger partial charge in [-0.15, -0.1) is 0 Å². The van der Waals surface area contributed by atoms with Crippen molar-refractivity contribution in [1.82, 2.24) is 0 Å². The number of carbonyl (C=O) groups is 1. The van der Waals surface area contributed by atoms with Crippen molar-refractivity contribution in [2.75, 3.05) is 0 Å².